The topological polar surface area (TPSA) is 42.2 Å². The summed E-state index contributed by atoms with van der Waals surface area (Å²) in [4.78, 5) is 6.60. The second-order valence-electron chi connectivity index (χ2n) is 6.63. The Bertz CT molecular complexity index is 892. The van der Waals surface area contributed by atoms with Gasteiger partial charge < -0.3 is 4.52 Å². The monoisotopic (exact) mass is 373 g/mol. The van der Waals surface area contributed by atoms with Gasteiger partial charge in [0.25, 0.3) is 0 Å². The van der Waals surface area contributed by atoms with Crippen LogP contribution in [0.4, 0.5) is 13.2 Å². The molecular weight excluding hydrogens is 355 g/mol. The first kappa shape index (κ1) is 17.7. The lowest BCUT2D eigenvalue weighted by molar-refractivity contribution is -0.137. The van der Waals surface area contributed by atoms with Gasteiger partial charge in [-0.3, -0.25) is 4.90 Å². The van der Waals surface area contributed by atoms with Crippen LogP contribution in [0.1, 0.15) is 22.6 Å². The van der Waals surface area contributed by atoms with E-state index in [4.69, 9.17) is 4.52 Å². The minimum absolute atomic E-state index is 0.303. The zero-order chi connectivity index (χ0) is 18.9. The maximum Gasteiger partial charge on any atom is 0.416 e. The Morgan fingerprint density at radius 1 is 0.926 bits per heavy atom. The molecule has 0 saturated heterocycles. The zero-order valence-electron chi connectivity index (χ0n) is 14.5. The van der Waals surface area contributed by atoms with Gasteiger partial charge in [-0.25, -0.2) is 0 Å². The quantitative estimate of drug-likeness (QED) is 0.684. The molecule has 4 nitrogen and oxygen atoms in total. The van der Waals surface area contributed by atoms with E-state index in [1.807, 2.05) is 0 Å². The summed E-state index contributed by atoms with van der Waals surface area (Å²) < 4.78 is 43.3. The fourth-order valence-corrected chi connectivity index (χ4v) is 3.31. The molecule has 0 spiro atoms. The van der Waals surface area contributed by atoms with Crippen LogP contribution in [0, 0.1) is 0 Å². The third kappa shape index (κ3) is 4.03. The number of halogens is 3. The Labute approximate surface area is 154 Å². The summed E-state index contributed by atoms with van der Waals surface area (Å²) in [7, 11) is 0. The predicted octanol–water partition coefficient (Wildman–Crippen LogP) is 4.36. The molecule has 4 rings (SSSR count). The highest BCUT2D eigenvalue weighted by molar-refractivity contribution is 5.54. The van der Waals surface area contributed by atoms with E-state index in [0.29, 0.717) is 23.8 Å². The first-order chi connectivity index (χ1) is 13.0. The van der Waals surface area contributed by atoms with Gasteiger partial charge >= 0.3 is 6.18 Å². The summed E-state index contributed by atoms with van der Waals surface area (Å²) >= 11 is 0. The van der Waals surface area contributed by atoms with Crippen molar-refractivity contribution in [3.8, 4) is 11.4 Å². The highest BCUT2D eigenvalue weighted by Gasteiger charge is 2.30. The molecular formula is C20H18F3N3O. The molecule has 7 heteroatoms. The normalized spacial score (nSPS) is 15.4. The Hall–Kier alpha value is -2.67. The largest absolute Gasteiger partial charge is 0.416 e. The molecule has 0 amide bonds. The van der Waals surface area contributed by atoms with E-state index in [9.17, 15) is 13.2 Å². The van der Waals surface area contributed by atoms with Gasteiger partial charge in [0, 0.05) is 18.7 Å². The van der Waals surface area contributed by atoms with Crippen molar-refractivity contribution in [1.82, 2.24) is 15.0 Å². The van der Waals surface area contributed by atoms with Crippen molar-refractivity contribution in [2.45, 2.75) is 25.6 Å². The second-order valence-corrected chi connectivity index (χ2v) is 6.63. The van der Waals surface area contributed by atoms with Gasteiger partial charge in [0.15, 0.2) is 0 Å². The number of rotatable bonds is 3. The molecule has 2 heterocycles. The Kier molecular flexibility index (Phi) is 4.70. The molecule has 0 fully saturated rings. The molecule has 0 radical (unpaired) electrons. The van der Waals surface area contributed by atoms with E-state index in [0.717, 1.165) is 38.1 Å². The van der Waals surface area contributed by atoms with Crippen molar-refractivity contribution in [2.24, 2.45) is 0 Å². The molecule has 0 bridgehead atoms. The predicted molar refractivity (Wildman–Crippen MR) is 93.9 cm³/mol. The van der Waals surface area contributed by atoms with Crippen LogP contribution in [-0.4, -0.2) is 28.1 Å². The molecule has 140 valence electrons. The van der Waals surface area contributed by atoms with Crippen molar-refractivity contribution in [1.29, 1.82) is 0 Å². The number of fused-ring (bicyclic) bond motifs is 1. The van der Waals surface area contributed by atoms with Crippen LogP contribution in [0.5, 0.6) is 0 Å². The number of nitrogens with zero attached hydrogens (tertiary/aromatic N) is 3. The van der Waals surface area contributed by atoms with Crippen molar-refractivity contribution in [2.75, 3.05) is 13.1 Å². The molecule has 2 aromatic carbocycles. The molecule has 1 aromatic heterocycles. The lowest BCUT2D eigenvalue weighted by Crippen LogP contribution is -2.26. The summed E-state index contributed by atoms with van der Waals surface area (Å²) in [5, 5.41) is 3.91. The lowest BCUT2D eigenvalue weighted by Gasteiger charge is -2.16. The van der Waals surface area contributed by atoms with Gasteiger partial charge in [0.1, 0.15) is 0 Å². The Morgan fingerprint density at radius 2 is 1.56 bits per heavy atom. The van der Waals surface area contributed by atoms with E-state index in [2.05, 4.69) is 39.3 Å². The SMILES string of the molecule is FC(F)(F)c1ccc(-c2noc(CN3CCc4ccccc4CC3)n2)cc1. The maximum atomic E-state index is 12.7. The minimum atomic E-state index is -4.36. The van der Waals surface area contributed by atoms with Gasteiger partial charge in [0.05, 0.1) is 12.1 Å². The van der Waals surface area contributed by atoms with Crippen LogP contribution in [0.2, 0.25) is 0 Å². The lowest BCUT2D eigenvalue weighted by atomic mass is 10.0. The number of hydrogen-bond donors (Lipinski definition) is 0. The molecule has 0 aliphatic carbocycles. The highest BCUT2D eigenvalue weighted by atomic mass is 19.4. The second kappa shape index (κ2) is 7.15. The third-order valence-corrected chi connectivity index (χ3v) is 4.81. The van der Waals surface area contributed by atoms with E-state index < -0.39 is 11.7 Å². The van der Waals surface area contributed by atoms with E-state index in [1.54, 1.807) is 0 Å². The minimum Gasteiger partial charge on any atom is -0.338 e. The summed E-state index contributed by atoms with van der Waals surface area (Å²) in [6, 6.07) is 13.2. The molecule has 0 saturated carbocycles. The summed E-state index contributed by atoms with van der Waals surface area (Å²) in [6.45, 7) is 2.33. The Balaban J connectivity index is 1.43. The first-order valence-electron chi connectivity index (χ1n) is 8.78. The maximum absolute atomic E-state index is 12.7. The average molecular weight is 373 g/mol. The van der Waals surface area contributed by atoms with Crippen molar-refractivity contribution < 1.29 is 17.7 Å². The molecule has 1 aliphatic rings. The van der Waals surface area contributed by atoms with Gasteiger partial charge in [-0.1, -0.05) is 41.6 Å². The molecule has 3 aromatic rings. The smallest absolute Gasteiger partial charge is 0.338 e. The van der Waals surface area contributed by atoms with Gasteiger partial charge in [-0.2, -0.15) is 18.2 Å². The molecule has 0 N–H and O–H groups in total. The van der Waals surface area contributed by atoms with Crippen LogP contribution < -0.4 is 0 Å². The standard InChI is InChI=1S/C20H18F3N3O/c21-20(22,23)17-7-5-16(6-8-17)19-24-18(27-25-19)13-26-11-9-14-3-1-2-4-15(14)10-12-26/h1-8H,9-13H2. The number of alkyl halides is 3. The molecule has 0 atom stereocenters. The fraction of sp³-hybridized carbons (Fsp3) is 0.300. The third-order valence-electron chi connectivity index (χ3n) is 4.81. The van der Waals surface area contributed by atoms with E-state index in [-0.39, 0.29) is 0 Å². The zero-order valence-corrected chi connectivity index (χ0v) is 14.5. The fourth-order valence-electron chi connectivity index (χ4n) is 3.31. The van der Waals surface area contributed by atoms with Crippen molar-refractivity contribution >= 4 is 0 Å². The first-order valence-corrected chi connectivity index (χ1v) is 8.78. The number of aromatic nitrogens is 2. The molecule has 1 aliphatic heterocycles. The van der Waals surface area contributed by atoms with E-state index in [1.165, 1.54) is 23.3 Å². The van der Waals surface area contributed by atoms with Crippen LogP contribution >= 0.6 is 0 Å². The molecule has 27 heavy (non-hydrogen) atoms. The van der Waals surface area contributed by atoms with Crippen LogP contribution in [0.15, 0.2) is 53.1 Å². The summed E-state index contributed by atoms with van der Waals surface area (Å²) in [6.07, 6.45) is -2.42. The van der Waals surface area contributed by atoms with Gasteiger partial charge in [0.2, 0.25) is 11.7 Å². The Morgan fingerprint density at radius 3 is 2.15 bits per heavy atom. The van der Waals surface area contributed by atoms with Gasteiger partial charge in [-0.15, -0.1) is 0 Å². The molecule has 0 unspecified atom stereocenters. The van der Waals surface area contributed by atoms with Crippen LogP contribution in [0.25, 0.3) is 11.4 Å². The van der Waals surface area contributed by atoms with Gasteiger partial charge in [-0.05, 0) is 36.1 Å². The summed E-state index contributed by atoms with van der Waals surface area (Å²) in [5.41, 5.74) is 2.55. The van der Waals surface area contributed by atoms with E-state index >= 15 is 0 Å². The average Bonchev–Trinajstić information content (AvgIpc) is 3.03. The summed E-state index contributed by atoms with van der Waals surface area (Å²) in [5.74, 6) is 0.771. The van der Waals surface area contributed by atoms with Crippen molar-refractivity contribution in [3.63, 3.8) is 0 Å². The highest BCUT2D eigenvalue weighted by Crippen LogP contribution is 2.30. The number of hydrogen-bond acceptors (Lipinski definition) is 4. The van der Waals surface area contributed by atoms with Crippen molar-refractivity contribution in [3.05, 3.63) is 71.1 Å². The number of benzene rings is 2. The van der Waals surface area contributed by atoms with Crippen LogP contribution in [0.3, 0.4) is 0 Å². The van der Waals surface area contributed by atoms with Crippen LogP contribution in [-0.2, 0) is 25.6 Å².